The van der Waals surface area contributed by atoms with Crippen molar-refractivity contribution in [3.8, 4) is 0 Å². The number of pyridine rings is 1. The molecule has 0 saturated carbocycles. The molecule has 1 heterocycles. The first-order valence-corrected chi connectivity index (χ1v) is 6.18. The fraction of sp³-hybridized carbons (Fsp3) is 0.0769. The molecule has 0 aliphatic heterocycles. The molecule has 2 N–H and O–H groups in total. The van der Waals surface area contributed by atoms with Gasteiger partial charge in [0.05, 0.1) is 15.6 Å². The van der Waals surface area contributed by atoms with E-state index in [4.69, 9.17) is 16.7 Å². The van der Waals surface area contributed by atoms with Crippen molar-refractivity contribution in [2.24, 2.45) is 0 Å². The highest BCUT2D eigenvalue weighted by Crippen LogP contribution is 2.30. The number of carboxylic acid groups (broad SMARTS) is 1. The fourth-order valence-electron chi connectivity index (χ4n) is 1.66. The standard InChI is InChI=1S/C13H10ClN3O4/c1-7-2-3-9(8(14)6-7)15-12-11(17(20)21)5-4-10(16-12)13(18)19/h2-6H,1H3,(H,15,16)(H,18,19). The van der Waals surface area contributed by atoms with Crippen LogP contribution in [0.5, 0.6) is 0 Å². The molecule has 0 saturated heterocycles. The molecular weight excluding hydrogens is 298 g/mol. The Morgan fingerprint density at radius 3 is 2.67 bits per heavy atom. The summed E-state index contributed by atoms with van der Waals surface area (Å²) in [5, 5.41) is 22.9. The van der Waals surface area contributed by atoms with E-state index in [9.17, 15) is 14.9 Å². The van der Waals surface area contributed by atoms with Gasteiger partial charge in [0.25, 0.3) is 0 Å². The zero-order chi connectivity index (χ0) is 15.6. The van der Waals surface area contributed by atoms with E-state index in [-0.39, 0.29) is 17.2 Å². The van der Waals surface area contributed by atoms with Crippen molar-refractivity contribution in [3.05, 3.63) is 56.7 Å². The summed E-state index contributed by atoms with van der Waals surface area (Å²) in [4.78, 5) is 25.0. The molecule has 0 aliphatic rings. The maximum absolute atomic E-state index is 11.0. The van der Waals surface area contributed by atoms with Crippen LogP contribution in [0.3, 0.4) is 0 Å². The molecule has 1 aromatic heterocycles. The largest absolute Gasteiger partial charge is 0.477 e. The van der Waals surface area contributed by atoms with Gasteiger partial charge in [-0.3, -0.25) is 10.1 Å². The van der Waals surface area contributed by atoms with Gasteiger partial charge in [0.2, 0.25) is 5.82 Å². The Hall–Kier alpha value is -2.67. The smallest absolute Gasteiger partial charge is 0.354 e. The minimum absolute atomic E-state index is 0.175. The molecule has 21 heavy (non-hydrogen) atoms. The zero-order valence-corrected chi connectivity index (χ0v) is 11.6. The maximum Gasteiger partial charge on any atom is 0.354 e. The third-order valence-corrected chi connectivity index (χ3v) is 2.98. The van der Waals surface area contributed by atoms with Crippen molar-refractivity contribution in [3.63, 3.8) is 0 Å². The van der Waals surface area contributed by atoms with Crippen LogP contribution in [0.25, 0.3) is 0 Å². The molecule has 108 valence electrons. The molecule has 8 heteroatoms. The van der Waals surface area contributed by atoms with Crippen molar-refractivity contribution in [2.75, 3.05) is 5.32 Å². The van der Waals surface area contributed by atoms with Crippen molar-refractivity contribution in [1.82, 2.24) is 4.98 Å². The van der Waals surface area contributed by atoms with E-state index in [0.717, 1.165) is 17.7 Å². The average Bonchev–Trinajstić information content (AvgIpc) is 2.41. The predicted octanol–water partition coefficient (Wildman–Crippen LogP) is 3.39. The summed E-state index contributed by atoms with van der Waals surface area (Å²) in [6, 6.07) is 7.23. The van der Waals surface area contributed by atoms with E-state index < -0.39 is 10.9 Å². The summed E-state index contributed by atoms with van der Waals surface area (Å²) in [6.45, 7) is 1.85. The molecule has 2 rings (SSSR count). The summed E-state index contributed by atoms with van der Waals surface area (Å²) in [6.07, 6.45) is 0. The van der Waals surface area contributed by atoms with Crippen LogP contribution in [0.1, 0.15) is 16.1 Å². The van der Waals surface area contributed by atoms with Gasteiger partial charge in [-0.25, -0.2) is 9.78 Å². The first kappa shape index (κ1) is 14.7. The van der Waals surface area contributed by atoms with Crippen LogP contribution < -0.4 is 5.32 Å². The summed E-state index contributed by atoms with van der Waals surface area (Å²) < 4.78 is 0. The van der Waals surface area contributed by atoms with Gasteiger partial charge < -0.3 is 10.4 Å². The van der Waals surface area contributed by atoms with Gasteiger partial charge in [0.15, 0.2) is 5.69 Å². The van der Waals surface area contributed by atoms with Crippen molar-refractivity contribution in [2.45, 2.75) is 6.92 Å². The molecule has 0 bridgehead atoms. The number of hydrogen-bond acceptors (Lipinski definition) is 5. The van der Waals surface area contributed by atoms with Crippen LogP contribution in [0.15, 0.2) is 30.3 Å². The van der Waals surface area contributed by atoms with Crippen LogP contribution in [0, 0.1) is 17.0 Å². The van der Waals surface area contributed by atoms with Gasteiger partial charge in [-0.15, -0.1) is 0 Å². The number of nitrogens with one attached hydrogen (secondary N) is 1. The third-order valence-electron chi connectivity index (χ3n) is 2.67. The number of nitro groups is 1. The second-order valence-corrected chi connectivity index (χ2v) is 4.64. The van der Waals surface area contributed by atoms with E-state index in [1.165, 1.54) is 0 Å². The van der Waals surface area contributed by atoms with Gasteiger partial charge in [-0.2, -0.15) is 0 Å². The lowest BCUT2D eigenvalue weighted by Gasteiger charge is -2.09. The minimum Gasteiger partial charge on any atom is -0.477 e. The second-order valence-electron chi connectivity index (χ2n) is 4.23. The highest BCUT2D eigenvalue weighted by Gasteiger charge is 2.19. The normalized spacial score (nSPS) is 10.2. The highest BCUT2D eigenvalue weighted by molar-refractivity contribution is 6.33. The average molecular weight is 308 g/mol. The number of carboxylic acids is 1. The second kappa shape index (κ2) is 5.76. The van der Waals surface area contributed by atoms with Crippen LogP contribution in [-0.2, 0) is 0 Å². The maximum atomic E-state index is 11.0. The Kier molecular flexibility index (Phi) is 4.04. The number of benzene rings is 1. The number of carbonyl (C=O) groups is 1. The van der Waals surface area contributed by atoms with Gasteiger partial charge in [0, 0.05) is 6.07 Å². The molecule has 0 amide bonds. The van der Waals surface area contributed by atoms with Crippen LogP contribution >= 0.6 is 11.6 Å². The van der Waals surface area contributed by atoms with Gasteiger partial charge in [0.1, 0.15) is 0 Å². The van der Waals surface area contributed by atoms with E-state index in [1.807, 2.05) is 6.92 Å². The van der Waals surface area contributed by atoms with Gasteiger partial charge in [-0.05, 0) is 30.7 Å². The summed E-state index contributed by atoms with van der Waals surface area (Å²) in [7, 11) is 0. The molecule has 0 unspecified atom stereocenters. The van der Waals surface area contributed by atoms with Crippen molar-refractivity contribution >= 4 is 34.8 Å². The fourth-order valence-corrected chi connectivity index (χ4v) is 1.94. The molecule has 0 aliphatic carbocycles. The number of aryl methyl sites for hydroxylation is 1. The Bertz CT molecular complexity index is 733. The van der Waals surface area contributed by atoms with Crippen molar-refractivity contribution in [1.29, 1.82) is 0 Å². The number of halogens is 1. The minimum atomic E-state index is -1.28. The van der Waals surface area contributed by atoms with Crippen molar-refractivity contribution < 1.29 is 14.8 Å². The number of aromatic carboxylic acids is 1. The van der Waals surface area contributed by atoms with E-state index in [2.05, 4.69) is 10.3 Å². The lowest BCUT2D eigenvalue weighted by Crippen LogP contribution is -2.06. The lowest BCUT2D eigenvalue weighted by atomic mass is 10.2. The molecule has 0 radical (unpaired) electrons. The van der Waals surface area contributed by atoms with Gasteiger partial charge >= 0.3 is 11.7 Å². The third kappa shape index (κ3) is 3.26. The molecule has 2 aromatic rings. The summed E-state index contributed by atoms with van der Waals surface area (Å²) in [5.74, 6) is -1.45. The Morgan fingerprint density at radius 2 is 2.10 bits per heavy atom. The Morgan fingerprint density at radius 1 is 1.38 bits per heavy atom. The van der Waals surface area contributed by atoms with E-state index in [1.54, 1.807) is 18.2 Å². The number of anilines is 2. The van der Waals surface area contributed by atoms with Crippen LogP contribution in [0.4, 0.5) is 17.2 Å². The molecule has 0 atom stereocenters. The molecule has 0 spiro atoms. The first-order valence-electron chi connectivity index (χ1n) is 5.80. The van der Waals surface area contributed by atoms with Crippen LogP contribution in [-0.4, -0.2) is 21.0 Å². The topological polar surface area (TPSA) is 105 Å². The van der Waals surface area contributed by atoms with E-state index in [0.29, 0.717) is 10.7 Å². The molecular formula is C13H10ClN3O4. The first-order chi connectivity index (χ1) is 9.88. The zero-order valence-electron chi connectivity index (χ0n) is 10.8. The number of rotatable bonds is 4. The summed E-state index contributed by atoms with van der Waals surface area (Å²) in [5.41, 5.74) is 0.690. The Balaban J connectivity index is 2.48. The van der Waals surface area contributed by atoms with Gasteiger partial charge in [-0.1, -0.05) is 17.7 Å². The summed E-state index contributed by atoms with van der Waals surface area (Å²) >= 11 is 6.04. The number of hydrogen-bond donors (Lipinski definition) is 2. The number of aromatic nitrogens is 1. The molecule has 1 aromatic carbocycles. The highest BCUT2D eigenvalue weighted by atomic mass is 35.5. The quantitative estimate of drug-likeness (QED) is 0.662. The van der Waals surface area contributed by atoms with Crippen LogP contribution in [0.2, 0.25) is 5.02 Å². The molecule has 0 fully saturated rings. The Labute approximate surface area is 124 Å². The SMILES string of the molecule is Cc1ccc(Nc2nc(C(=O)O)ccc2[N+](=O)[O-])c(Cl)c1. The lowest BCUT2D eigenvalue weighted by molar-refractivity contribution is -0.384. The molecule has 7 nitrogen and oxygen atoms in total. The predicted molar refractivity (Wildman–Crippen MR) is 77.3 cm³/mol. The number of nitrogens with zero attached hydrogens (tertiary/aromatic N) is 2. The monoisotopic (exact) mass is 307 g/mol. The van der Waals surface area contributed by atoms with E-state index >= 15 is 0 Å².